The lowest BCUT2D eigenvalue weighted by atomic mass is 9.87. The highest BCUT2D eigenvalue weighted by Crippen LogP contribution is 2.23. The van der Waals surface area contributed by atoms with Crippen molar-refractivity contribution in [3.05, 3.63) is 77.0 Å². The van der Waals surface area contributed by atoms with Gasteiger partial charge >= 0.3 is 5.97 Å². The highest BCUT2D eigenvalue weighted by atomic mass is 16.4. The van der Waals surface area contributed by atoms with Crippen LogP contribution in [0.4, 0.5) is 0 Å². The summed E-state index contributed by atoms with van der Waals surface area (Å²) in [4.78, 5) is 16.1. The van der Waals surface area contributed by atoms with Crippen LogP contribution in [-0.2, 0) is 5.41 Å². The molecule has 3 aromatic rings. The van der Waals surface area contributed by atoms with Crippen molar-refractivity contribution in [3.63, 3.8) is 0 Å². The maximum atomic E-state index is 11.5. The van der Waals surface area contributed by atoms with Crippen molar-refractivity contribution < 1.29 is 9.90 Å². The van der Waals surface area contributed by atoms with E-state index in [1.807, 2.05) is 30.4 Å². The van der Waals surface area contributed by atoms with Gasteiger partial charge in [-0.3, -0.25) is 0 Å². The van der Waals surface area contributed by atoms with E-state index in [0.29, 0.717) is 16.6 Å². The SMILES string of the molecule is CC(C)(C)c1ccc(/C=C/c2cc(C(=O)O)c3ccccc3n2)cc1. The Hall–Kier alpha value is -2.94. The fraction of sp³-hybridized carbons (Fsp3) is 0.182. The average Bonchev–Trinajstić information content (AvgIpc) is 2.58. The summed E-state index contributed by atoms with van der Waals surface area (Å²) < 4.78 is 0. The van der Waals surface area contributed by atoms with Crippen LogP contribution in [0.25, 0.3) is 23.1 Å². The molecule has 0 saturated carbocycles. The van der Waals surface area contributed by atoms with Gasteiger partial charge in [-0.1, -0.05) is 69.3 Å². The Morgan fingerprint density at radius 3 is 2.32 bits per heavy atom. The number of fused-ring (bicyclic) bond motifs is 1. The molecule has 25 heavy (non-hydrogen) atoms. The van der Waals surface area contributed by atoms with E-state index in [1.54, 1.807) is 12.1 Å². The summed E-state index contributed by atoms with van der Waals surface area (Å²) in [6.45, 7) is 6.55. The van der Waals surface area contributed by atoms with Crippen LogP contribution in [0.2, 0.25) is 0 Å². The fourth-order valence-corrected chi connectivity index (χ4v) is 2.73. The third-order valence-electron chi connectivity index (χ3n) is 4.19. The van der Waals surface area contributed by atoms with Crippen LogP contribution in [0.3, 0.4) is 0 Å². The minimum absolute atomic E-state index is 0.124. The minimum atomic E-state index is -0.942. The van der Waals surface area contributed by atoms with Crippen LogP contribution in [0.1, 0.15) is 48.0 Å². The lowest BCUT2D eigenvalue weighted by Crippen LogP contribution is -2.10. The predicted octanol–water partition coefficient (Wildman–Crippen LogP) is 5.40. The van der Waals surface area contributed by atoms with Crippen LogP contribution in [0.5, 0.6) is 0 Å². The van der Waals surface area contributed by atoms with Crippen molar-refractivity contribution in [2.75, 3.05) is 0 Å². The van der Waals surface area contributed by atoms with Gasteiger partial charge in [-0.15, -0.1) is 0 Å². The molecular weight excluding hydrogens is 310 g/mol. The summed E-state index contributed by atoms with van der Waals surface area (Å²) in [6.07, 6.45) is 3.81. The van der Waals surface area contributed by atoms with E-state index in [-0.39, 0.29) is 11.0 Å². The molecule has 0 atom stereocenters. The second-order valence-corrected chi connectivity index (χ2v) is 7.12. The highest BCUT2D eigenvalue weighted by Gasteiger charge is 2.12. The standard InChI is InChI=1S/C22H21NO2/c1-22(2,3)16-11-8-15(9-12-16)10-13-17-14-19(21(24)25)18-6-4-5-7-20(18)23-17/h4-14H,1-3H3,(H,24,25)/b13-10+. The van der Waals surface area contributed by atoms with E-state index in [2.05, 4.69) is 50.0 Å². The van der Waals surface area contributed by atoms with Gasteiger partial charge in [0.05, 0.1) is 16.8 Å². The number of rotatable bonds is 3. The van der Waals surface area contributed by atoms with E-state index >= 15 is 0 Å². The average molecular weight is 331 g/mol. The summed E-state index contributed by atoms with van der Waals surface area (Å²) in [5.74, 6) is -0.942. The third kappa shape index (κ3) is 3.77. The molecule has 126 valence electrons. The molecule has 0 saturated heterocycles. The third-order valence-corrected chi connectivity index (χ3v) is 4.19. The minimum Gasteiger partial charge on any atom is -0.478 e. The van der Waals surface area contributed by atoms with Crippen LogP contribution in [-0.4, -0.2) is 16.1 Å². The molecular formula is C22H21NO2. The van der Waals surface area contributed by atoms with E-state index in [0.717, 1.165) is 5.56 Å². The molecule has 1 N–H and O–H groups in total. The number of benzene rings is 2. The van der Waals surface area contributed by atoms with Gasteiger partial charge in [0.15, 0.2) is 0 Å². The maximum absolute atomic E-state index is 11.5. The second kappa shape index (κ2) is 6.52. The zero-order valence-corrected chi connectivity index (χ0v) is 14.7. The molecule has 0 aliphatic rings. The first-order valence-corrected chi connectivity index (χ1v) is 8.26. The first kappa shape index (κ1) is 16.9. The highest BCUT2D eigenvalue weighted by molar-refractivity contribution is 6.03. The first-order chi connectivity index (χ1) is 11.8. The van der Waals surface area contributed by atoms with Crippen LogP contribution >= 0.6 is 0 Å². The van der Waals surface area contributed by atoms with Crippen LogP contribution in [0, 0.1) is 0 Å². The molecule has 0 bridgehead atoms. The summed E-state index contributed by atoms with van der Waals surface area (Å²) >= 11 is 0. The van der Waals surface area contributed by atoms with Crippen molar-refractivity contribution in [2.45, 2.75) is 26.2 Å². The number of hydrogen-bond acceptors (Lipinski definition) is 2. The van der Waals surface area contributed by atoms with Crippen molar-refractivity contribution in [1.82, 2.24) is 4.98 Å². The lowest BCUT2D eigenvalue weighted by Gasteiger charge is -2.18. The van der Waals surface area contributed by atoms with Gasteiger partial charge in [0.1, 0.15) is 0 Å². The first-order valence-electron chi connectivity index (χ1n) is 8.26. The Balaban J connectivity index is 1.95. The summed E-state index contributed by atoms with van der Waals surface area (Å²) in [6, 6.07) is 17.3. The van der Waals surface area contributed by atoms with E-state index in [9.17, 15) is 9.90 Å². The number of carbonyl (C=O) groups is 1. The Labute approximate surface area is 147 Å². The predicted molar refractivity (Wildman–Crippen MR) is 103 cm³/mol. The molecule has 0 fully saturated rings. The molecule has 2 aromatic carbocycles. The number of nitrogens with zero attached hydrogens (tertiary/aromatic N) is 1. The number of hydrogen-bond donors (Lipinski definition) is 1. The number of pyridine rings is 1. The van der Waals surface area contributed by atoms with Gasteiger partial charge in [-0.05, 0) is 34.8 Å². The number of carboxylic acids is 1. The van der Waals surface area contributed by atoms with Crippen molar-refractivity contribution in [2.24, 2.45) is 0 Å². The van der Waals surface area contributed by atoms with Gasteiger partial charge < -0.3 is 5.11 Å². The topological polar surface area (TPSA) is 50.2 Å². The maximum Gasteiger partial charge on any atom is 0.336 e. The number of para-hydroxylation sites is 1. The molecule has 3 nitrogen and oxygen atoms in total. The second-order valence-electron chi connectivity index (χ2n) is 7.12. The van der Waals surface area contributed by atoms with Crippen molar-refractivity contribution >= 4 is 29.0 Å². The Kier molecular flexibility index (Phi) is 4.41. The van der Waals surface area contributed by atoms with Crippen LogP contribution < -0.4 is 0 Å². The molecule has 0 unspecified atom stereocenters. The van der Waals surface area contributed by atoms with Gasteiger partial charge in [-0.25, -0.2) is 9.78 Å². The molecule has 1 aromatic heterocycles. The molecule has 0 aliphatic heterocycles. The van der Waals surface area contributed by atoms with E-state index in [4.69, 9.17) is 0 Å². The van der Waals surface area contributed by atoms with E-state index in [1.165, 1.54) is 5.56 Å². The molecule has 3 rings (SSSR count). The molecule has 3 heteroatoms. The van der Waals surface area contributed by atoms with Gasteiger partial charge in [-0.2, -0.15) is 0 Å². The van der Waals surface area contributed by atoms with Gasteiger partial charge in [0.2, 0.25) is 0 Å². The number of carboxylic acid groups (broad SMARTS) is 1. The molecule has 0 amide bonds. The summed E-state index contributed by atoms with van der Waals surface area (Å²) in [7, 11) is 0. The molecule has 0 aliphatic carbocycles. The zero-order valence-electron chi connectivity index (χ0n) is 14.7. The zero-order chi connectivity index (χ0) is 18.0. The fourth-order valence-electron chi connectivity index (χ4n) is 2.73. The van der Waals surface area contributed by atoms with E-state index < -0.39 is 5.97 Å². The number of aromatic nitrogens is 1. The lowest BCUT2D eigenvalue weighted by molar-refractivity contribution is 0.0699. The smallest absolute Gasteiger partial charge is 0.336 e. The van der Waals surface area contributed by atoms with Crippen LogP contribution in [0.15, 0.2) is 54.6 Å². The van der Waals surface area contributed by atoms with Gasteiger partial charge in [0, 0.05) is 5.39 Å². The largest absolute Gasteiger partial charge is 0.478 e. The quantitative estimate of drug-likeness (QED) is 0.699. The molecule has 0 spiro atoms. The Morgan fingerprint density at radius 1 is 1.00 bits per heavy atom. The molecule has 1 heterocycles. The van der Waals surface area contributed by atoms with Crippen molar-refractivity contribution in [1.29, 1.82) is 0 Å². The number of aromatic carboxylic acids is 1. The Morgan fingerprint density at radius 2 is 1.68 bits per heavy atom. The normalized spacial score (nSPS) is 12.0. The summed E-state index contributed by atoms with van der Waals surface area (Å²) in [5, 5.41) is 10.1. The monoisotopic (exact) mass is 331 g/mol. The Bertz CT molecular complexity index is 948. The molecule has 0 radical (unpaired) electrons. The summed E-state index contributed by atoms with van der Waals surface area (Å²) in [5.41, 5.74) is 4.05. The van der Waals surface area contributed by atoms with Gasteiger partial charge in [0.25, 0.3) is 0 Å². The van der Waals surface area contributed by atoms with Crippen molar-refractivity contribution in [3.8, 4) is 0 Å².